The van der Waals surface area contributed by atoms with Gasteiger partial charge in [0.2, 0.25) is 0 Å². The highest BCUT2D eigenvalue weighted by molar-refractivity contribution is 7.99. The molecule has 0 bridgehead atoms. The van der Waals surface area contributed by atoms with Crippen molar-refractivity contribution in [3.8, 4) is 5.69 Å². The number of carbonyl (C=O) groups is 1. The van der Waals surface area contributed by atoms with Gasteiger partial charge in [-0.15, -0.1) is 0 Å². The number of benzene rings is 2. The first-order chi connectivity index (χ1) is 15.0. The summed E-state index contributed by atoms with van der Waals surface area (Å²) in [5, 5.41) is 5.44. The number of aromatic nitrogens is 1. The highest BCUT2D eigenvalue weighted by Crippen LogP contribution is 2.29. The maximum atomic E-state index is 12.5. The van der Waals surface area contributed by atoms with Gasteiger partial charge in [0.15, 0.2) is 5.09 Å². The summed E-state index contributed by atoms with van der Waals surface area (Å²) in [4.78, 5) is 13.5. The van der Waals surface area contributed by atoms with Crippen LogP contribution in [0.25, 0.3) is 5.69 Å². The summed E-state index contributed by atoms with van der Waals surface area (Å²) < 4.78 is 7.83. The first kappa shape index (κ1) is 21.0. The Labute approximate surface area is 189 Å². The highest BCUT2D eigenvalue weighted by Gasteiger charge is 2.09. The standard InChI is InChI=1S/C24H20ClN3O2S/c1-16-6-7-17(2)28(16)20-5-3-4-18(14-20)24(29)27-26-15-21-10-13-23(30-21)31-22-11-8-19(25)9-12-22/h3-15H,1-2H3,(H,27,29)/b26-15-. The smallest absolute Gasteiger partial charge is 0.271 e. The van der Waals surface area contributed by atoms with Crippen LogP contribution in [0.2, 0.25) is 5.02 Å². The fourth-order valence-corrected chi connectivity index (χ4v) is 4.06. The number of furan rings is 1. The fourth-order valence-electron chi connectivity index (χ4n) is 3.16. The molecule has 2 aromatic carbocycles. The minimum atomic E-state index is -0.289. The molecule has 0 saturated carbocycles. The summed E-state index contributed by atoms with van der Waals surface area (Å²) >= 11 is 7.39. The third-order valence-corrected chi connectivity index (χ3v) is 5.81. The first-order valence-electron chi connectivity index (χ1n) is 9.62. The Kier molecular flexibility index (Phi) is 6.30. The maximum absolute atomic E-state index is 12.5. The number of carbonyl (C=O) groups excluding carboxylic acids is 1. The van der Waals surface area contributed by atoms with Gasteiger partial charge in [-0.1, -0.05) is 29.4 Å². The Morgan fingerprint density at radius 3 is 2.52 bits per heavy atom. The summed E-state index contributed by atoms with van der Waals surface area (Å²) in [6, 6.07) is 22.7. The van der Waals surface area contributed by atoms with Gasteiger partial charge in [0.25, 0.3) is 5.91 Å². The van der Waals surface area contributed by atoms with E-state index in [1.807, 2.05) is 62.4 Å². The average Bonchev–Trinajstić information content (AvgIpc) is 3.35. The molecule has 4 aromatic rings. The predicted molar refractivity (Wildman–Crippen MR) is 125 cm³/mol. The number of nitrogens with zero attached hydrogens (tertiary/aromatic N) is 2. The van der Waals surface area contributed by atoms with Gasteiger partial charge in [-0.2, -0.15) is 5.10 Å². The molecule has 156 valence electrons. The Morgan fingerprint density at radius 2 is 1.77 bits per heavy atom. The zero-order valence-corrected chi connectivity index (χ0v) is 18.6. The lowest BCUT2D eigenvalue weighted by atomic mass is 10.2. The van der Waals surface area contributed by atoms with E-state index in [1.165, 1.54) is 18.0 Å². The molecule has 0 atom stereocenters. The second-order valence-electron chi connectivity index (χ2n) is 6.91. The number of hydrazone groups is 1. The number of amides is 1. The molecule has 0 saturated heterocycles. The van der Waals surface area contributed by atoms with Crippen LogP contribution in [0.3, 0.4) is 0 Å². The SMILES string of the molecule is Cc1ccc(C)n1-c1cccc(C(=O)N/N=C\c2ccc(Sc3ccc(Cl)cc3)o2)c1. The van der Waals surface area contributed by atoms with Crippen molar-refractivity contribution in [3.63, 3.8) is 0 Å². The van der Waals surface area contributed by atoms with Gasteiger partial charge in [0.1, 0.15) is 5.76 Å². The molecule has 0 radical (unpaired) electrons. The molecule has 0 unspecified atom stereocenters. The summed E-state index contributed by atoms with van der Waals surface area (Å²) in [6.07, 6.45) is 1.48. The number of aryl methyl sites for hydroxylation is 2. The van der Waals surface area contributed by atoms with Gasteiger partial charge in [-0.05, 0) is 80.6 Å². The van der Waals surface area contributed by atoms with Crippen molar-refractivity contribution < 1.29 is 9.21 Å². The van der Waals surface area contributed by atoms with Gasteiger partial charge in [0, 0.05) is 32.6 Å². The Balaban J connectivity index is 1.39. The van der Waals surface area contributed by atoms with Gasteiger partial charge in [0.05, 0.1) is 6.21 Å². The zero-order chi connectivity index (χ0) is 21.8. The lowest BCUT2D eigenvalue weighted by molar-refractivity contribution is 0.0955. The third-order valence-electron chi connectivity index (χ3n) is 4.63. The van der Waals surface area contributed by atoms with E-state index in [0.717, 1.165) is 27.1 Å². The van der Waals surface area contributed by atoms with Crippen molar-refractivity contribution in [1.29, 1.82) is 0 Å². The molecule has 2 heterocycles. The Morgan fingerprint density at radius 1 is 1.03 bits per heavy atom. The molecular weight excluding hydrogens is 430 g/mol. The molecule has 0 spiro atoms. The molecular formula is C24H20ClN3O2S. The van der Waals surface area contributed by atoms with Gasteiger partial charge < -0.3 is 8.98 Å². The van der Waals surface area contributed by atoms with Crippen LogP contribution in [-0.4, -0.2) is 16.7 Å². The van der Waals surface area contributed by atoms with Gasteiger partial charge in [-0.3, -0.25) is 4.79 Å². The Hall–Kier alpha value is -3.22. The van der Waals surface area contributed by atoms with Crippen LogP contribution in [0.4, 0.5) is 0 Å². The molecule has 0 fully saturated rings. The zero-order valence-electron chi connectivity index (χ0n) is 17.0. The van der Waals surface area contributed by atoms with Crippen LogP contribution in [0.15, 0.2) is 92.3 Å². The quantitative estimate of drug-likeness (QED) is 0.279. The number of nitrogens with one attached hydrogen (secondary N) is 1. The second-order valence-corrected chi connectivity index (χ2v) is 8.43. The van der Waals surface area contributed by atoms with E-state index in [-0.39, 0.29) is 5.91 Å². The molecule has 1 amide bonds. The molecule has 4 rings (SSSR count). The van der Waals surface area contributed by atoms with E-state index in [9.17, 15) is 4.79 Å². The van der Waals surface area contributed by atoms with Crippen LogP contribution >= 0.6 is 23.4 Å². The minimum absolute atomic E-state index is 0.289. The summed E-state index contributed by atoms with van der Waals surface area (Å²) in [6.45, 7) is 4.07. The summed E-state index contributed by atoms with van der Waals surface area (Å²) in [5.74, 6) is 0.256. The highest BCUT2D eigenvalue weighted by atomic mass is 35.5. The molecule has 31 heavy (non-hydrogen) atoms. The van der Waals surface area contributed by atoms with Crippen molar-refractivity contribution in [2.45, 2.75) is 23.8 Å². The van der Waals surface area contributed by atoms with Crippen molar-refractivity contribution in [1.82, 2.24) is 9.99 Å². The van der Waals surface area contributed by atoms with Crippen LogP contribution in [0, 0.1) is 13.8 Å². The van der Waals surface area contributed by atoms with Crippen LogP contribution in [0.5, 0.6) is 0 Å². The lowest BCUT2D eigenvalue weighted by Gasteiger charge is -2.10. The van der Waals surface area contributed by atoms with Crippen molar-refractivity contribution in [3.05, 3.63) is 101 Å². The van der Waals surface area contributed by atoms with Crippen LogP contribution in [-0.2, 0) is 0 Å². The van der Waals surface area contributed by atoms with Gasteiger partial charge >= 0.3 is 0 Å². The van der Waals surface area contributed by atoms with Crippen LogP contribution < -0.4 is 5.43 Å². The number of halogens is 1. The number of hydrogen-bond donors (Lipinski definition) is 1. The summed E-state index contributed by atoms with van der Waals surface area (Å²) in [7, 11) is 0. The predicted octanol–water partition coefficient (Wildman–Crippen LogP) is 6.26. The monoisotopic (exact) mass is 449 g/mol. The molecule has 0 aliphatic heterocycles. The molecule has 7 heteroatoms. The first-order valence-corrected chi connectivity index (χ1v) is 10.8. The normalized spacial score (nSPS) is 11.2. The van der Waals surface area contributed by atoms with E-state index in [1.54, 1.807) is 12.1 Å². The molecule has 2 aromatic heterocycles. The largest absolute Gasteiger partial charge is 0.448 e. The molecule has 1 N–H and O–H groups in total. The second kappa shape index (κ2) is 9.29. The minimum Gasteiger partial charge on any atom is -0.448 e. The van der Waals surface area contributed by atoms with Crippen molar-refractivity contribution >= 4 is 35.5 Å². The van der Waals surface area contributed by atoms with E-state index in [0.29, 0.717) is 16.3 Å². The maximum Gasteiger partial charge on any atom is 0.271 e. The Bertz CT molecular complexity index is 1220. The molecule has 5 nitrogen and oxygen atoms in total. The van der Waals surface area contributed by atoms with E-state index in [4.69, 9.17) is 16.0 Å². The average molecular weight is 450 g/mol. The third kappa shape index (κ3) is 5.10. The van der Waals surface area contributed by atoms with E-state index >= 15 is 0 Å². The number of hydrogen-bond acceptors (Lipinski definition) is 4. The lowest BCUT2D eigenvalue weighted by Crippen LogP contribution is -2.17. The molecule has 0 aliphatic carbocycles. The van der Waals surface area contributed by atoms with E-state index < -0.39 is 0 Å². The van der Waals surface area contributed by atoms with Crippen molar-refractivity contribution in [2.24, 2.45) is 5.10 Å². The van der Waals surface area contributed by atoms with Crippen molar-refractivity contribution in [2.75, 3.05) is 0 Å². The fraction of sp³-hybridized carbons (Fsp3) is 0.0833. The topological polar surface area (TPSA) is 59.5 Å². The van der Waals surface area contributed by atoms with Gasteiger partial charge in [-0.25, -0.2) is 5.43 Å². The van der Waals surface area contributed by atoms with E-state index in [2.05, 4.69) is 27.2 Å². The summed E-state index contributed by atoms with van der Waals surface area (Å²) in [5.41, 5.74) is 6.24. The van der Waals surface area contributed by atoms with Crippen LogP contribution in [0.1, 0.15) is 27.5 Å². The molecule has 0 aliphatic rings. The number of rotatable bonds is 6.